The van der Waals surface area contributed by atoms with E-state index >= 15 is 0 Å². The van der Waals surface area contributed by atoms with Crippen LogP contribution in [0.5, 0.6) is 0 Å². The molecule has 1 aliphatic carbocycles. The fourth-order valence-electron chi connectivity index (χ4n) is 3.00. The lowest BCUT2D eigenvalue weighted by Crippen LogP contribution is -2.09. The van der Waals surface area contributed by atoms with Gasteiger partial charge in [0.1, 0.15) is 12.2 Å². The maximum absolute atomic E-state index is 4.94. The van der Waals surface area contributed by atoms with Gasteiger partial charge in [0.05, 0.1) is 17.1 Å². The van der Waals surface area contributed by atoms with Crippen LogP contribution in [0.4, 0.5) is 0 Å². The lowest BCUT2D eigenvalue weighted by atomic mass is 10.1. The van der Waals surface area contributed by atoms with Crippen LogP contribution in [-0.2, 0) is 0 Å². The number of aliphatic imine (C=N–C) groups is 2. The molecule has 0 radical (unpaired) electrons. The van der Waals surface area contributed by atoms with Gasteiger partial charge < -0.3 is 0 Å². The van der Waals surface area contributed by atoms with Crippen molar-refractivity contribution in [3.05, 3.63) is 78.8 Å². The normalized spacial score (nSPS) is 20.6. The van der Waals surface area contributed by atoms with E-state index in [0.717, 1.165) is 23.3 Å². The highest BCUT2D eigenvalue weighted by atomic mass is 15.1. The van der Waals surface area contributed by atoms with Crippen molar-refractivity contribution in [3.8, 4) is 0 Å². The molecular formula is C20H18N4. The Hall–Kier alpha value is -3.01. The van der Waals surface area contributed by atoms with Crippen molar-refractivity contribution in [1.82, 2.24) is 9.55 Å². The number of allylic oxidation sites excluding steroid dienone is 1. The van der Waals surface area contributed by atoms with Crippen molar-refractivity contribution >= 4 is 23.6 Å². The number of imidazole rings is 1. The molecule has 0 bridgehead atoms. The zero-order valence-electron chi connectivity index (χ0n) is 13.3. The molecule has 0 spiro atoms. The van der Waals surface area contributed by atoms with E-state index < -0.39 is 0 Å². The van der Waals surface area contributed by atoms with Crippen LogP contribution in [0, 0.1) is 0 Å². The topological polar surface area (TPSA) is 42.5 Å². The van der Waals surface area contributed by atoms with Gasteiger partial charge >= 0.3 is 0 Å². The second-order valence-corrected chi connectivity index (χ2v) is 5.91. The van der Waals surface area contributed by atoms with Crippen LogP contribution in [0.1, 0.15) is 17.9 Å². The molecule has 1 aliphatic rings. The summed E-state index contributed by atoms with van der Waals surface area (Å²) in [4.78, 5) is 13.2. The molecule has 3 aromatic rings. The second kappa shape index (κ2) is 6.24. The molecule has 0 amide bonds. The summed E-state index contributed by atoms with van der Waals surface area (Å²) in [6, 6.07) is 18.9. The second-order valence-electron chi connectivity index (χ2n) is 5.91. The summed E-state index contributed by atoms with van der Waals surface area (Å²) < 4.78 is 2.01. The van der Waals surface area contributed by atoms with Crippen LogP contribution in [0.25, 0.3) is 11.0 Å². The lowest BCUT2D eigenvalue weighted by molar-refractivity contribution is 0.972. The zero-order valence-corrected chi connectivity index (χ0v) is 13.3. The standard InChI is InChI=1S/C20H18N4/c1-21-12-11-20(24-14-22-17-9-5-6-10-19(17)24)23-18-13-16(18)15-7-3-2-4-8-15/h2-12,14,16,18H,1,13H2/b12-11-,23-20?. The largest absolute Gasteiger partial charge is 0.283 e. The molecule has 1 heterocycles. The minimum absolute atomic E-state index is 0.304. The predicted molar refractivity (Wildman–Crippen MR) is 98.8 cm³/mol. The molecule has 24 heavy (non-hydrogen) atoms. The van der Waals surface area contributed by atoms with Crippen molar-refractivity contribution in [2.75, 3.05) is 0 Å². The Balaban J connectivity index is 1.68. The molecule has 1 fully saturated rings. The third-order valence-electron chi connectivity index (χ3n) is 4.31. The van der Waals surface area contributed by atoms with Gasteiger partial charge in [0.25, 0.3) is 0 Å². The molecule has 4 heteroatoms. The number of fused-ring (bicyclic) bond motifs is 1. The Bertz CT molecular complexity index is 921. The molecule has 4 nitrogen and oxygen atoms in total. The van der Waals surface area contributed by atoms with Gasteiger partial charge in [-0.2, -0.15) is 0 Å². The van der Waals surface area contributed by atoms with Crippen molar-refractivity contribution in [3.63, 3.8) is 0 Å². The van der Waals surface area contributed by atoms with Crippen molar-refractivity contribution in [2.45, 2.75) is 18.4 Å². The SMILES string of the molecule is C=N/C=C\C(=NC1CC1c1ccccc1)n1cnc2ccccc21. The summed E-state index contributed by atoms with van der Waals surface area (Å²) in [7, 11) is 0. The van der Waals surface area contributed by atoms with Crippen LogP contribution in [0.2, 0.25) is 0 Å². The first-order valence-electron chi connectivity index (χ1n) is 8.04. The highest BCUT2D eigenvalue weighted by Gasteiger charge is 2.38. The van der Waals surface area contributed by atoms with E-state index in [2.05, 4.69) is 47.0 Å². The van der Waals surface area contributed by atoms with Gasteiger partial charge in [-0.3, -0.25) is 14.6 Å². The Kier molecular flexibility index (Phi) is 3.79. The number of para-hydroxylation sites is 2. The highest BCUT2D eigenvalue weighted by Crippen LogP contribution is 2.43. The summed E-state index contributed by atoms with van der Waals surface area (Å²) in [5.41, 5.74) is 3.36. The monoisotopic (exact) mass is 314 g/mol. The van der Waals surface area contributed by atoms with Crippen molar-refractivity contribution in [2.24, 2.45) is 9.98 Å². The number of aromatic nitrogens is 2. The maximum atomic E-state index is 4.94. The molecule has 1 aromatic heterocycles. The number of benzene rings is 2. The molecule has 118 valence electrons. The summed E-state index contributed by atoms with van der Waals surface area (Å²) in [5.74, 6) is 1.35. The fourth-order valence-corrected chi connectivity index (χ4v) is 3.00. The summed E-state index contributed by atoms with van der Waals surface area (Å²) in [6.45, 7) is 3.52. The van der Waals surface area contributed by atoms with Crippen LogP contribution in [0.3, 0.4) is 0 Å². The van der Waals surface area contributed by atoms with E-state index in [-0.39, 0.29) is 0 Å². The maximum Gasteiger partial charge on any atom is 0.135 e. The number of hydrogen-bond donors (Lipinski definition) is 0. The van der Waals surface area contributed by atoms with E-state index in [4.69, 9.17) is 4.99 Å². The first-order valence-corrected chi connectivity index (χ1v) is 8.04. The van der Waals surface area contributed by atoms with Gasteiger partial charge in [0, 0.05) is 12.1 Å². The third kappa shape index (κ3) is 2.78. The van der Waals surface area contributed by atoms with Gasteiger partial charge in [-0.25, -0.2) is 4.98 Å². The van der Waals surface area contributed by atoms with Crippen LogP contribution in [0.15, 0.2) is 83.2 Å². The van der Waals surface area contributed by atoms with Crippen LogP contribution < -0.4 is 0 Å². The summed E-state index contributed by atoms with van der Waals surface area (Å²) in [5, 5.41) is 0. The zero-order chi connectivity index (χ0) is 16.4. The Morgan fingerprint density at radius 2 is 1.92 bits per heavy atom. The van der Waals surface area contributed by atoms with Crippen molar-refractivity contribution in [1.29, 1.82) is 0 Å². The molecule has 0 N–H and O–H groups in total. The lowest BCUT2D eigenvalue weighted by Gasteiger charge is -2.05. The Morgan fingerprint density at radius 3 is 2.75 bits per heavy atom. The van der Waals surface area contributed by atoms with E-state index in [1.54, 1.807) is 6.20 Å². The van der Waals surface area contributed by atoms with Gasteiger partial charge in [0.2, 0.25) is 0 Å². The minimum Gasteiger partial charge on any atom is -0.283 e. The quantitative estimate of drug-likeness (QED) is 0.529. The van der Waals surface area contributed by atoms with E-state index in [0.29, 0.717) is 12.0 Å². The number of hydrogen-bond acceptors (Lipinski definition) is 3. The average Bonchev–Trinajstić information content (AvgIpc) is 3.28. The minimum atomic E-state index is 0.304. The smallest absolute Gasteiger partial charge is 0.135 e. The van der Waals surface area contributed by atoms with Crippen LogP contribution >= 0.6 is 0 Å². The molecule has 0 aliphatic heterocycles. The first-order chi connectivity index (χ1) is 11.9. The molecule has 0 saturated heterocycles. The highest BCUT2D eigenvalue weighted by molar-refractivity contribution is 6.00. The van der Waals surface area contributed by atoms with E-state index in [1.807, 2.05) is 41.2 Å². The molecule has 2 unspecified atom stereocenters. The molecule has 1 saturated carbocycles. The van der Waals surface area contributed by atoms with Gasteiger partial charge in [-0.1, -0.05) is 42.5 Å². The molecule has 4 rings (SSSR count). The predicted octanol–water partition coefficient (Wildman–Crippen LogP) is 4.05. The van der Waals surface area contributed by atoms with Crippen LogP contribution in [-0.4, -0.2) is 28.1 Å². The van der Waals surface area contributed by atoms with E-state index in [9.17, 15) is 0 Å². The number of nitrogens with zero attached hydrogens (tertiary/aromatic N) is 4. The van der Waals surface area contributed by atoms with Gasteiger partial charge in [-0.15, -0.1) is 0 Å². The summed E-state index contributed by atoms with van der Waals surface area (Å²) in [6.07, 6.45) is 6.46. The molecule has 2 aromatic carbocycles. The Labute approximate surface area is 140 Å². The fraction of sp³-hybridized carbons (Fsp3) is 0.150. The summed E-state index contributed by atoms with van der Waals surface area (Å²) >= 11 is 0. The number of rotatable bonds is 4. The molecule has 2 atom stereocenters. The van der Waals surface area contributed by atoms with Gasteiger partial charge in [0.15, 0.2) is 0 Å². The average molecular weight is 314 g/mol. The van der Waals surface area contributed by atoms with Gasteiger partial charge in [-0.05, 0) is 36.9 Å². The first kappa shape index (κ1) is 14.6. The third-order valence-corrected chi connectivity index (χ3v) is 4.31. The van der Waals surface area contributed by atoms with E-state index in [1.165, 1.54) is 5.56 Å². The van der Waals surface area contributed by atoms with Crippen molar-refractivity contribution < 1.29 is 0 Å². The Morgan fingerprint density at radius 1 is 1.12 bits per heavy atom. The molecular weight excluding hydrogens is 296 g/mol.